The van der Waals surface area contributed by atoms with Gasteiger partial charge in [0.25, 0.3) is 30.4 Å². The lowest BCUT2D eigenvalue weighted by Gasteiger charge is -2.16. The number of phenolic OH excluding ortho intramolecular Hbond substituents is 1. The Morgan fingerprint density at radius 3 is 1.73 bits per heavy atom. The molecule has 4 rings (SSSR count). The summed E-state index contributed by atoms with van der Waals surface area (Å²) in [5.41, 5.74) is 0.00361. The second-order valence-electron chi connectivity index (χ2n) is 9.24. The summed E-state index contributed by atoms with van der Waals surface area (Å²) in [5, 5.41) is 19.1. The van der Waals surface area contributed by atoms with Crippen molar-refractivity contribution in [3.8, 4) is 28.7 Å². The Morgan fingerprint density at radius 1 is 0.614 bits per heavy atom. The van der Waals surface area contributed by atoms with Crippen molar-refractivity contribution in [3.05, 3.63) is 59.7 Å². The molecule has 0 saturated carbocycles. The molecule has 4 aromatic carbocycles. The van der Waals surface area contributed by atoms with Crippen molar-refractivity contribution in [1.29, 1.82) is 0 Å². The van der Waals surface area contributed by atoms with Gasteiger partial charge in [0.05, 0.1) is 19.1 Å². The average molecular weight is 669 g/mol. The third-order valence-corrected chi connectivity index (χ3v) is 9.13. The predicted octanol–water partition coefficient (Wildman–Crippen LogP) is 5.13. The monoisotopic (exact) mass is 668 g/mol. The molecule has 0 radical (unpaired) electrons. The molecular formula is C26H24N2O13S3. The number of phenols is 1. The second-order valence-corrected chi connectivity index (χ2v) is 13.4. The van der Waals surface area contributed by atoms with Gasteiger partial charge >= 0.3 is 0 Å². The Morgan fingerprint density at radius 2 is 1.18 bits per heavy atom. The van der Waals surface area contributed by atoms with Gasteiger partial charge in [-0.15, -0.1) is 10.2 Å². The predicted molar refractivity (Wildman–Crippen MR) is 155 cm³/mol. The van der Waals surface area contributed by atoms with Crippen LogP contribution >= 0.6 is 0 Å². The molecule has 0 saturated heterocycles. The smallest absolute Gasteiger partial charge is 0.294 e. The highest BCUT2D eigenvalue weighted by atomic mass is 32.2. The number of methoxy groups -OCH3 is 2. The molecule has 0 fully saturated rings. The van der Waals surface area contributed by atoms with Crippen molar-refractivity contribution in [2.45, 2.75) is 28.5 Å². The van der Waals surface area contributed by atoms with E-state index in [0.29, 0.717) is 0 Å². The van der Waals surface area contributed by atoms with Gasteiger partial charge in [-0.05, 0) is 49.2 Å². The standard InChI is InChI=1S/C26H24N2O13S3/c1-13-7-18(21(39-3)11-24(13)43(33,34)35)27-28-26-16-6-5-15(42(30,31)32)9-17(16)20(10-19(26)29)41-23-8-14(2)25(44(36,37)38)12-22(23)40-4/h5-12,29H,1-4H3,(H,30,31,32)(H,33,34,35)(H,36,37,38)/b28-27+. The summed E-state index contributed by atoms with van der Waals surface area (Å²) in [5.74, 6) is -0.998. The highest BCUT2D eigenvalue weighted by molar-refractivity contribution is 7.86. The first-order valence-electron chi connectivity index (χ1n) is 12.0. The van der Waals surface area contributed by atoms with Crippen molar-refractivity contribution < 1.29 is 58.2 Å². The molecule has 44 heavy (non-hydrogen) atoms. The summed E-state index contributed by atoms with van der Waals surface area (Å²) in [4.78, 5) is -1.41. The maximum absolute atomic E-state index is 11.9. The second kappa shape index (κ2) is 11.6. The maximum atomic E-state index is 11.9. The minimum atomic E-state index is -4.71. The third-order valence-electron chi connectivity index (χ3n) is 6.29. The highest BCUT2D eigenvalue weighted by Gasteiger charge is 2.22. The number of fused-ring (bicyclic) bond motifs is 1. The van der Waals surface area contributed by atoms with Crippen LogP contribution in [0.5, 0.6) is 28.7 Å². The molecule has 234 valence electrons. The van der Waals surface area contributed by atoms with Crippen LogP contribution in [-0.4, -0.2) is 58.2 Å². The highest BCUT2D eigenvalue weighted by Crippen LogP contribution is 2.46. The Labute approximate surface area is 251 Å². The topological polar surface area (TPSA) is 236 Å². The zero-order valence-corrected chi connectivity index (χ0v) is 25.7. The Bertz CT molecular complexity index is 2180. The van der Waals surface area contributed by atoms with Crippen molar-refractivity contribution in [2.75, 3.05) is 14.2 Å². The van der Waals surface area contributed by atoms with Crippen molar-refractivity contribution in [1.82, 2.24) is 0 Å². The van der Waals surface area contributed by atoms with E-state index in [1.807, 2.05) is 0 Å². The molecule has 18 heteroatoms. The summed E-state index contributed by atoms with van der Waals surface area (Å²) < 4.78 is 116. The zero-order valence-electron chi connectivity index (χ0n) is 23.2. The molecule has 0 atom stereocenters. The number of ether oxygens (including phenoxy) is 3. The zero-order chi connectivity index (χ0) is 32.8. The number of aryl methyl sites for hydroxylation is 2. The molecule has 4 N–H and O–H groups in total. The van der Waals surface area contributed by atoms with Gasteiger partial charge in [0.1, 0.15) is 38.4 Å². The average Bonchev–Trinajstić information content (AvgIpc) is 2.90. The summed E-state index contributed by atoms with van der Waals surface area (Å²) in [7, 11) is -11.5. The van der Waals surface area contributed by atoms with Crippen molar-refractivity contribution >= 4 is 52.5 Å². The van der Waals surface area contributed by atoms with Crippen LogP contribution in [0.25, 0.3) is 10.8 Å². The van der Waals surface area contributed by atoms with E-state index in [1.165, 1.54) is 46.3 Å². The Hall–Kier alpha value is -4.33. The first-order valence-corrected chi connectivity index (χ1v) is 16.4. The van der Waals surface area contributed by atoms with E-state index < -0.39 is 50.8 Å². The molecular weight excluding hydrogens is 644 g/mol. The fourth-order valence-electron chi connectivity index (χ4n) is 4.25. The molecule has 0 bridgehead atoms. The van der Waals surface area contributed by atoms with E-state index in [0.717, 1.165) is 30.3 Å². The summed E-state index contributed by atoms with van der Waals surface area (Å²) in [6, 6.07) is 8.89. The molecule has 0 aliphatic rings. The third kappa shape index (κ3) is 6.59. The summed E-state index contributed by atoms with van der Waals surface area (Å²) in [6.07, 6.45) is 0. The minimum absolute atomic E-state index is 0.00435. The van der Waals surface area contributed by atoms with E-state index in [2.05, 4.69) is 10.2 Å². The number of azo groups is 1. The lowest BCUT2D eigenvalue weighted by Crippen LogP contribution is -2.03. The van der Waals surface area contributed by atoms with Crippen LogP contribution in [0.2, 0.25) is 0 Å². The van der Waals surface area contributed by atoms with Crippen LogP contribution in [0, 0.1) is 13.8 Å². The van der Waals surface area contributed by atoms with Crippen LogP contribution in [0.15, 0.2) is 73.4 Å². The number of rotatable bonds is 9. The number of hydrogen-bond acceptors (Lipinski definition) is 12. The molecule has 0 aliphatic heterocycles. The van der Waals surface area contributed by atoms with E-state index >= 15 is 0 Å². The van der Waals surface area contributed by atoms with Crippen molar-refractivity contribution in [3.63, 3.8) is 0 Å². The van der Waals surface area contributed by atoms with Gasteiger partial charge in [-0.1, -0.05) is 6.07 Å². The summed E-state index contributed by atoms with van der Waals surface area (Å²) in [6.45, 7) is 2.78. The van der Waals surface area contributed by atoms with E-state index in [1.54, 1.807) is 0 Å². The van der Waals surface area contributed by atoms with E-state index in [-0.39, 0.29) is 56.3 Å². The Kier molecular flexibility index (Phi) is 8.62. The number of benzene rings is 4. The fourth-order valence-corrected chi connectivity index (χ4v) is 6.20. The van der Waals surface area contributed by atoms with Crippen LogP contribution in [0.4, 0.5) is 11.4 Å². The summed E-state index contributed by atoms with van der Waals surface area (Å²) >= 11 is 0. The van der Waals surface area contributed by atoms with Crippen molar-refractivity contribution in [2.24, 2.45) is 10.2 Å². The number of hydrogen-bond donors (Lipinski definition) is 4. The van der Waals surface area contributed by atoms with Gasteiger partial charge in [-0.2, -0.15) is 25.3 Å². The van der Waals surface area contributed by atoms with Gasteiger partial charge in [0, 0.05) is 29.0 Å². The van der Waals surface area contributed by atoms with Gasteiger partial charge in [0.2, 0.25) is 0 Å². The molecule has 0 amide bonds. The lowest BCUT2D eigenvalue weighted by atomic mass is 10.1. The molecule has 4 aromatic rings. The van der Waals surface area contributed by atoms with Crippen LogP contribution in [0.3, 0.4) is 0 Å². The van der Waals surface area contributed by atoms with Crippen LogP contribution in [0.1, 0.15) is 11.1 Å². The number of nitrogens with zero attached hydrogens (tertiary/aromatic N) is 2. The molecule has 0 aliphatic carbocycles. The largest absolute Gasteiger partial charge is 0.505 e. The maximum Gasteiger partial charge on any atom is 0.294 e. The van der Waals surface area contributed by atoms with Gasteiger partial charge in [0.15, 0.2) is 11.5 Å². The van der Waals surface area contributed by atoms with E-state index in [9.17, 15) is 44.0 Å². The first-order chi connectivity index (χ1) is 20.3. The Balaban J connectivity index is 1.93. The fraction of sp³-hybridized carbons (Fsp3) is 0.154. The van der Waals surface area contributed by atoms with E-state index in [4.69, 9.17) is 14.2 Å². The molecule has 0 unspecified atom stereocenters. The van der Waals surface area contributed by atoms with Gasteiger partial charge in [-0.3, -0.25) is 13.7 Å². The van der Waals surface area contributed by atoms with Crippen LogP contribution < -0.4 is 14.2 Å². The number of aromatic hydroxyl groups is 1. The van der Waals surface area contributed by atoms with Gasteiger partial charge in [-0.25, -0.2) is 0 Å². The molecule has 15 nitrogen and oxygen atoms in total. The quantitative estimate of drug-likeness (QED) is 0.134. The SMILES string of the molecule is COc1cc(S(=O)(=O)O)c(C)cc1/N=N/c1c(O)cc(Oc2cc(C)c(S(=O)(=O)O)cc2OC)c2cc(S(=O)(=O)O)ccc12. The molecule has 0 spiro atoms. The normalized spacial score (nSPS) is 12.5. The molecule has 0 heterocycles. The lowest BCUT2D eigenvalue weighted by molar-refractivity contribution is 0.377. The van der Waals surface area contributed by atoms with Gasteiger partial charge < -0.3 is 19.3 Å². The molecule has 0 aromatic heterocycles. The van der Waals surface area contributed by atoms with Crippen LogP contribution in [-0.2, 0) is 30.4 Å². The minimum Gasteiger partial charge on any atom is -0.505 e. The first kappa shape index (κ1) is 32.6.